The van der Waals surface area contributed by atoms with Crippen LogP contribution >= 0.6 is 0 Å². The van der Waals surface area contributed by atoms with Gasteiger partial charge in [0.25, 0.3) is 0 Å². The zero-order valence-corrected chi connectivity index (χ0v) is 12.2. The second-order valence-corrected chi connectivity index (χ2v) is 5.43. The van der Waals surface area contributed by atoms with E-state index in [2.05, 4.69) is 41.0 Å². The van der Waals surface area contributed by atoms with Crippen LogP contribution in [0.2, 0.25) is 0 Å². The Kier molecular flexibility index (Phi) is 5.37. The van der Waals surface area contributed by atoms with E-state index in [1.54, 1.807) is 0 Å². The number of aromatic nitrogens is 3. The molecule has 0 radical (unpaired) electrons. The Morgan fingerprint density at radius 3 is 2.63 bits per heavy atom. The Hall–Kier alpha value is -1.38. The molecule has 0 fully saturated rings. The normalized spacial score (nSPS) is 12.9. The van der Waals surface area contributed by atoms with Gasteiger partial charge in [0.1, 0.15) is 5.52 Å². The second-order valence-electron chi connectivity index (χ2n) is 5.43. The molecule has 0 spiro atoms. The van der Waals surface area contributed by atoms with Crippen LogP contribution in [0, 0.1) is 0 Å². The van der Waals surface area contributed by atoms with Crippen molar-refractivity contribution in [2.45, 2.75) is 64.8 Å². The number of hydrogen-bond donors (Lipinski definition) is 0. The fraction of sp³-hybridized carbons (Fsp3) is 0.625. The lowest BCUT2D eigenvalue weighted by Crippen LogP contribution is -2.07. The zero-order chi connectivity index (χ0) is 13.5. The fourth-order valence-electron chi connectivity index (χ4n) is 2.55. The van der Waals surface area contributed by atoms with Crippen molar-refractivity contribution >= 4 is 11.0 Å². The average Bonchev–Trinajstić information content (AvgIpc) is 2.86. The van der Waals surface area contributed by atoms with Gasteiger partial charge in [-0.1, -0.05) is 62.8 Å². The summed E-state index contributed by atoms with van der Waals surface area (Å²) in [6.45, 7) is 4.51. The van der Waals surface area contributed by atoms with Crippen LogP contribution in [0.1, 0.15) is 64.8 Å². The van der Waals surface area contributed by atoms with Gasteiger partial charge in [-0.15, -0.1) is 5.10 Å². The molecule has 1 aromatic heterocycles. The molecule has 3 nitrogen and oxygen atoms in total. The van der Waals surface area contributed by atoms with Crippen molar-refractivity contribution in [1.29, 1.82) is 0 Å². The molecule has 0 saturated heterocycles. The molecular weight excluding hydrogens is 234 g/mol. The van der Waals surface area contributed by atoms with Crippen LogP contribution in [0.15, 0.2) is 24.3 Å². The molecule has 104 valence electrons. The van der Waals surface area contributed by atoms with E-state index >= 15 is 0 Å². The summed E-state index contributed by atoms with van der Waals surface area (Å²) in [5.74, 6) is 0. The number of hydrogen-bond acceptors (Lipinski definition) is 2. The van der Waals surface area contributed by atoms with E-state index in [1.165, 1.54) is 44.9 Å². The topological polar surface area (TPSA) is 30.7 Å². The molecule has 19 heavy (non-hydrogen) atoms. The third kappa shape index (κ3) is 3.79. The van der Waals surface area contributed by atoms with Crippen molar-refractivity contribution in [3.63, 3.8) is 0 Å². The molecule has 0 bridgehead atoms. The van der Waals surface area contributed by atoms with Gasteiger partial charge in [-0.25, -0.2) is 4.68 Å². The first kappa shape index (κ1) is 14.0. The van der Waals surface area contributed by atoms with Crippen molar-refractivity contribution in [1.82, 2.24) is 15.0 Å². The maximum absolute atomic E-state index is 4.29. The highest BCUT2D eigenvalue weighted by atomic mass is 15.4. The van der Waals surface area contributed by atoms with E-state index in [-0.39, 0.29) is 0 Å². The van der Waals surface area contributed by atoms with Crippen LogP contribution in [0.4, 0.5) is 0 Å². The quantitative estimate of drug-likeness (QED) is 0.641. The fourth-order valence-corrected chi connectivity index (χ4v) is 2.55. The monoisotopic (exact) mass is 259 g/mol. The molecule has 1 unspecified atom stereocenters. The van der Waals surface area contributed by atoms with Crippen LogP contribution in [0.25, 0.3) is 11.0 Å². The van der Waals surface area contributed by atoms with Crippen LogP contribution in [0.3, 0.4) is 0 Å². The van der Waals surface area contributed by atoms with Gasteiger partial charge in [-0.3, -0.25) is 0 Å². The molecule has 0 N–H and O–H groups in total. The smallest absolute Gasteiger partial charge is 0.113 e. The van der Waals surface area contributed by atoms with Gasteiger partial charge in [-0.05, 0) is 25.5 Å². The average molecular weight is 259 g/mol. The van der Waals surface area contributed by atoms with E-state index in [4.69, 9.17) is 0 Å². The summed E-state index contributed by atoms with van der Waals surface area (Å²) < 4.78 is 2.07. The van der Waals surface area contributed by atoms with Gasteiger partial charge in [0, 0.05) is 0 Å². The first-order chi connectivity index (χ1) is 9.33. The highest BCUT2D eigenvalue weighted by molar-refractivity contribution is 5.73. The first-order valence-electron chi connectivity index (χ1n) is 7.63. The van der Waals surface area contributed by atoms with Gasteiger partial charge in [0.05, 0.1) is 11.6 Å². The number of benzene rings is 1. The Morgan fingerprint density at radius 1 is 1.05 bits per heavy atom. The Balaban J connectivity index is 1.81. The highest BCUT2D eigenvalue weighted by Gasteiger charge is 2.10. The van der Waals surface area contributed by atoms with E-state index in [1.807, 2.05) is 12.1 Å². The molecule has 2 rings (SSSR count). The molecule has 0 saturated carbocycles. The molecule has 3 heteroatoms. The van der Waals surface area contributed by atoms with Crippen molar-refractivity contribution in [2.75, 3.05) is 0 Å². The molecule has 1 atom stereocenters. The van der Waals surface area contributed by atoms with E-state index < -0.39 is 0 Å². The van der Waals surface area contributed by atoms with Gasteiger partial charge >= 0.3 is 0 Å². The summed E-state index contributed by atoms with van der Waals surface area (Å²) >= 11 is 0. The maximum Gasteiger partial charge on any atom is 0.113 e. The van der Waals surface area contributed by atoms with E-state index in [0.717, 1.165) is 11.0 Å². The minimum atomic E-state index is 0.443. The molecule has 2 aromatic rings. The highest BCUT2D eigenvalue weighted by Crippen LogP contribution is 2.20. The van der Waals surface area contributed by atoms with Crippen LogP contribution < -0.4 is 0 Å². The van der Waals surface area contributed by atoms with Crippen molar-refractivity contribution < 1.29 is 0 Å². The third-order valence-corrected chi connectivity index (χ3v) is 3.77. The van der Waals surface area contributed by atoms with Gasteiger partial charge in [0.2, 0.25) is 0 Å². The zero-order valence-electron chi connectivity index (χ0n) is 12.2. The molecule has 0 amide bonds. The number of fused-ring (bicyclic) bond motifs is 1. The summed E-state index contributed by atoms with van der Waals surface area (Å²) in [5, 5.41) is 8.51. The van der Waals surface area contributed by atoms with Crippen molar-refractivity contribution in [3.05, 3.63) is 24.3 Å². The van der Waals surface area contributed by atoms with Gasteiger partial charge < -0.3 is 0 Å². The number of unbranched alkanes of at least 4 members (excludes halogenated alkanes) is 5. The number of rotatable bonds is 8. The minimum absolute atomic E-state index is 0.443. The van der Waals surface area contributed by atoms with E-state index in [0.29, 0.717) is 6.04 Å². The molecular formula is C16H25N3. The van der Waals surface area contributed by atoms with Gasteiger partial charge in [0.15, 0.2) is 0 Å². The molecule has 1 aromatic carbocycles. The lowest BCUT2D eigenvalue weighted by molar-refractivity contribution is 0.434. The minimum Gasteiger partial charge on any atom is -0.242 e. The maximum atomic E-state index is 4.29. The molecule has 0 aliphatic heterocycles. The first-order valence-corrected chi connectivity index (χ1v) is 7.63. The Labute approximate surface area is 116 Å². The molecule has 0 aliphatic carbocycles. The Morgan fingerprint density at radius 2 is 1.79 bits per heavy atom. The largest absolute Gasteiger partial charge is 0.242 e. The molecule has 1 heterocycles. The lowest BCUT2D eigenvalue weighted by Gasteiger charge is -2.12. The van der Waals surface area contributed by atoms with Crippen LogP contribution in [-0.2, 0) is 0 Å². The lowest BCUT2D eigenvalue weighted by atomic mass is 10.1. The molecule has 0 aliphatic rings. The van der Waals surface area contributed by atoms with E-state index in [9.17, 15) is 0 Å². The summed E-state index contributed by atoms with van der Waals surface area (Å²) in [7, 11) is 0. The van der Waals surface area contributed by atoms with Crippen LogP contribution in [0.5, 0.6) is 0 Å². The summed E-state index contributed by atoms with van der Waals surface area (Å²) in [4.78, 5) is 0. The number of nitrogens with zero attached hydrogens (tertiary/aromatic N) is 3. The third-order valence-electron chi connectivity index (χ3n) is 3.77. The Bertz CT molecular complexity index is 489. The summed E-state index contributed by atoms with van der Waals surface area (Å²) in [5.41, 5.74) is 2.15. The van der Waals surface area contributed by atoms with Crippen molar-refractivity contribution in [2.24, 2.45) is 0 Å². The second kappa shape index (κ2) is 7.27. The predicted molar refractivity (Wildman–Crippen MR) is 80.2 cm³/mol. The van der Waals surface area contributed by atoms with Gasteiger partial charge in [-0.2, -0.15) is 0 Å². The van der Waals surface area contributed by atoms with Crippen molar-refractivity contribution in [3.8, 4) is 0 Å². The SMILES string of the molecule is CCCCCCCCC(C)n1nnc2ccccc21. The standard InChI is InChI=1S/C16H25N3/c1-3-4-5-6-7-8-11-14(2)19-16-13-10-9-12-15(16)17-18-19/h9-10,12-14H,3-8,11H2,1-2H3. The predicted octanol–water partition coefficient (Wildman–Crippen LogP) is 4.74. The summed E-state index contributed by atoms with van der Waals surface area (Å²) in [6.07, 6.45) is 9.29. The summed E-state index contributed by atoms with van der Waals surface area (Å²) in [6, 6.07) is 8.64. The number of para-hydroxylation sites is 1. The van der Waals surface area contributed by atoms with Crippen LogP contribution in [-0.4, -0.2) is 15.0 Å².